The van der Waals surface area contributed by atoms with E-state index < -0.39 is 0 Å². The van der Waals surface area contributed by atoms with Crippen LogP contribution in [0.1, 0.15) is 51.9 Å². The Morgan fingerprint density at radius 2 is 1.58 bits per heavy atom. The van der Waals surface area contributed by atoms with Crippen LogP contribution in [0.25, 0.3) is 0 Å². The summed E-state index contributed by atoms with van der Waals surface area (Å²) in [5.41, 5.74) is 0. The molecule has 0 unspecified atom stereocenters. The summed E-state index contributed by atoms with van der Waals surface area (Å²) in [6.07, 6.45) is 7.61. The van der Waals surface area contributed by atoms with E-state index >= 15 is 0 Å². The highest BCUT2D eigenvalue weighted by molar-refractivity contribution is 5.75. The van der Waals surface area contributed by atoms with Gasteiger partial charge in [0.15, 0.2) is 0 Å². The first-order chi connectivity index (χ1) is 9.13. The molecule has 0 radical (unpaired) electrons. The maximum absolute atomic E-state index is 12.3. The van der Waals surface area contributed by atoms with Gasteiger partial charge < -0.3 is 9.53 Å². The zero-order valence-electron chi connectivity index (χ0n) is 11.8. The molecule has 4 saturated carbocycles. The summed E-state index contributed by atoms with van der Waals surface area (Å²) in [6, 6.07) is 0. The fourth-order valence-corrected chi connectivity index (χ4v) is 4.90. The molecule has 0 N–H and O–H groups in total. The van der Waals surface area contributed by atoms with Crippen molar-refractivity contribution in [2.24, 2.45) is 29.6 Å². The van der Waals surface area contributed by atoms with Crippen LogP contribution in [0.5, 0.6) is 0 Å². The van der Waals surface area contributed by atoms with Crippen LogP contribution in [0.15, 0.2) is 0 Å². The molecule has 0 heterocycles. The second-order valence-electron chi connectivity index (χ2n) is 6.93. The van der Waals surface area contributed by atoms with Gasteiger partial charge in [-0.25, -0.2) is 0 Å². The van der Waals surface area contributed by atoms with Crippen LogP contribution in [0.2, 0.25) is 0 Å². The molecule has 0 spiro atoms. The van der Waals surface area contributed by atoms with Crippen molar-refractivity contribution in [1.82, 2.24) is 0 Å². The number of Topliss-reactive ketones (excluding diaryl/α,β-unsaturated/α-hetero) is 1. The van der Waals surface area contributed by atoms with Crippen LogP contribution >= 0.6 is 0 Å². The minimum absolute atomic E-state index is 0.0253. The van der Waals surface area contributed by atoms with Gasteiger partial charge in [-0.05, 0) is 69.1 Å². The highest BCUT2D eigenvalue weighted by Gasteiger charge is 2.51. The second-order valence-corrected chi connectivity index (χ2v) is 6.93. The van der Waals surface area contributed by atoms with Crippen molar-refractivity contribution in [3.8, 4) is 0 Å². The quantitative estimate of drug-likeness (QED) is 0.566. The van der Waals surface area contributed by atoms with E-state index in [4.69, 9.17) is 4.74 Å². The van der Waals surface area contributed by atoms with Gasteiger partial charge in [-0.15, -0.1) is 0 Å². The van der Waals surface area contributed by atoms with E-state index in [2.05, 4.69) is 0 Å². The first-order valence-electron chi connectivity index (χ1n) is 7.79. The van der Waals surface area contributed by atoms with Gasteiger partial charge in [0.05, 0.1) is 12.5 Å². The molecule has 0 amide bonds. The molecule has 4 bridgehead atoms. The van der Waals surface area contributed by atoms with Crippen molar-refractivity contribution >= 4 is 11.8 Å². The van der Waals surface area contributed by atoms with Crippen molar-refractivity contribution in [2.75, 3.05) is 6.61 Å². The predicted molar refractivity (Wildman–Crippen MR) is 71.4 cm³/mol. The molecule has 4 aliphatic rings. The van der Waals surface area contributed by atoms with Crippen LogP contribution < -0.4 is 0 Å². The third-order valence-electron chi connectivity index (χ3n) is 5.42. The van der Waals surface area contributed by atoms with E-state index in [9.17, 15) is 9.59 Å². The third kappa shape index (κ3) is 2.70. The molecule has 4 rings (SSSR count). The molecule has 3 heteroatoms. The molecule has 0 aromatic heterocycles. The fourth-order valence-electron chi connectivity index (χ4n) is 4.90. The lowest BCUT2D eigenvalue weighted by molar-refractivity contribution is -0.162. The van der Waals surface area contributed by atoms with Gasteiger partial charge in [0.1, 0.15) is 5.78 Å². The van der Waals surface area contributed by atoms with E-state index in [-0.39, 0.29) is 17.7 Å². The van der Waals surface area contributed by atoms with Crippen molar-refractivity contribution in [2.45, 2.75) is 51.9 Å². The Balaban J connectivity index is 1.51. The lowest BCUT2D eigenvalue weighted by atomic mass is 9.52. The molecule has 0 atom stereocenters. The van der Waals surface area contributed by atoms with Crippen molar-refractivity contribution in [3.63, 3.8) is 0 Å². The van der Waals surface area contributed by atoms with E-state index in [1.807, 2.05) is 0 Å². The normalized spacial score (nSPS) is 39.3. The van der Waals surface area contributed by atoms with Gasteiger partial charge in [-0.2, -0.15) is 0 Å². The van der Waals surface area contributed by atoms with E-state index in [1.54, 1.807) is 6.92 Å². The minimum atomic E-state index is 0.0253. The Morgan fingerprint density at radius 3 is 2.11 bits per heavy atom. The number of carbonyl (C=O) groups excluding carboxylic acids is 2. The number of hydrogen-bond donors (Lipinski definition) is 0. The second kappa shape index (κ2) is 5.26. The molecule has 0 saturated heterocycles. The van der Waals surface area contributed by atoms with Crippen LogP contribution in [0, 0.1) is 29.6 Å². The zero-order chi connectivity index (χ0) is 13.4. The molecule has 4 fully saturated rings. The predicted octanol–water partition coefficient (Wildman–Crippen LogP) is 2.97. The Morgan fingerprint density at radius 1 is 1.00 bits per heavy atom. The Bertz CT molecular complexity index is 346. The zero-order valence-corrected chi connectivity index (χ0v) is 11.8. The Hall–Kier alpha value is -0.860. The number of rotatable bonds is 5. The van der Waals surface area contributed by atoms with Crippen LogP contribution in [-0.2, 0) is 14.3 Å². The number of esters is 1. The number of hydrogen-bond acceptors (Lipinski definition) is 3. The maximum Gasteiger partial charge on any atom is 0.309 e. The van der Waals surface area contributed by atoms with Crippen LogP contribution in [-0.4, -0.2) is 18.4 Å². The van der Waals surface area contributed by atoms with E-state index in [0.717, 1.165) is 11.8 Å². The lowest BCUT2D eigenvalue weighted by Crippen LogP contribution is -2.48. The van der Waals surface area contributed by atoms with E-state index in [0.29, 0.717) is 31.3 Å². The summed E-state index contributed by atoms with van der Waals surface area (Å²) >= 11 is 0. The van der Waals surface area contributed by atoms with Gasteiger partial charge in [-0.3, -0.25) is 4.79 Å². The summed E-state index contributed by atoms with van der Waals surface area (Å²) < 4.78 is 5.43. The van der Waals surface area contributed by atoms with Crippen molar-refractivity contribution in [1.29, 1.82) is 0 Å². The monoisotopic (exact) mass is 264 g/mol. The van der Waals surface area contributed by atoms with Gasteiger partial charge in [-0.1, -0.05) is 0 Å². The average molecular weight is 264 g/mol. The first kappa shape index (κ1) is 13.1. The minimum Gasteiger partial charge on any atom is -0.465 e. The smallest absolute Gasteiger partial charge is 0.309 e. The molecule has 106 valence electrons. The highest BCUT2D eigenvalue weighted by Crippen LogP contribution is 2.56. The molecule has 19 heavy (non-hydrogen) atoms. The summed E-state index contributed by atoms with van der Waals surface area (Å²) in [5.74, 6) is 3.34. The van der Waals surface area contributed by atoms with Crippen LogP contribution in [0.3, 0.4) is 0 Å². The lowest BCUT2D eigenvalue weighted by Gasteiger charge is -2.53. The number of ketones is 1. The topological polar surface area (TPSA) is 43.4 Å². The van der Waals surface area contributed by atoms with Gasteiger partial charge in [0.25, 0.3) is 0 Å². The maximum atomic E-state index is 12.3. The summed E-state index contributed by atoms with van der Waals surface area (Å²) in [5, 5.41) is 0. The van der Waals surface area contributed by atoms with Crippen molar-refractivity contribution < 1.29 is 14.3 Å². The molecular weight excluding hydrogens is 240 g/mol. The van der Waals surface area contributed by atoms with Gasteiger partial charge in [0.2, 0.25) is 0 Å². The molecule has 0 aromatic rings. The highest BCUT2D eigenvalue weighted by atomic mass is 16.5. The molecule has 4 aliphatic carbocycles. The number of carbonyl (C=O) groups is 2. The van der Waals surface area contributed by atoms with Crippen molar-refractivity contribution in [3.05, 3.63) is 0 Å². The average Bonchev–Trinajstić information content (AvgIpc) is 2.33. The third-order valence-corrected chi connectivity index (χ3v) is 5.42. The van der Waals surface area contributed by atoms with Gasteiger partial charge >= 0.3 is 5.97 Å². The molecule has 0 aromatic carbocycles. The van der Waals surface area contributed by atoms with Gasteiger partial charge in [0, 0.05) is 6.42 Å². The Kier molecular flexibility index (Phi) is 3.64. The summed E-state index contributed by atoms with van der Waals surface area (Å²) in [7, 11) is 0. The standard InChI is InChI=1S/C16H24O3/c1-10(17)3-2-4-19-16(18)15-13-6-11-5-12(8-13)9-14(15)7-11/h11-15H,2-9H2,1H3. The first-order valence-corrected chi connectivity index (χ1v) is 7.79. The van der Waals surface area contributed by atoms with E-state index in [1.165, 1.54) is 32.1 Å². The van der Waals surface area contributed by atoms with Crippen LogP contribution in [0.4, 0.5) is 0 Å². The molecule has 3 nitrogen and oxygen atoms in total. The SMILES string of the molecule is CC(=O)CCCOC(=O)C1C2CC3CC(C2)CC1C3. The molecular formula is C16H24O3. The summed E-state index contributed by atoms with van der Waals surface area (Å²) in [4.78, 5) is 23.1. The number of ether oxygens (including phenoxy) is 1. The fraction of sp³-hybridized carbons (Fsp3) is 0.875. The Labute approximate surface area is 115 Å². The summed E-state index contributed by atoms with van der Waals surface area (Å²) in [6.45, 7) is 2.00. The largest absolute Gasteiger partial charge is 0.465 e. The molecule has 0 aliphatic heterocycles.